The highest BCUT2D eigenvalue weighted by molar-refractivity contribution is 7.17. The van der Waals surface area contributed by atoms with Gasteiger partial charge in [0.1, 0.15) is 5.92 Å². The summed E-state index contributed by atoms with van der Waals surface area (Å²) in [4.78, 5) is 30.9. The van der Waals surface area contributed by atoms with Crippen LogP contribution in [0.15, 0.2) is 54.9 Å². The van der Waals surface area contributed by atoms with Crippen LogP contribution in [0.4, 0.5) is 0 Å². The van der Waals surface area contributed by atoms with Crippen molar-refractivity contribution < 1.29 is 14.3 Å². The molecule has 0 radical (unpaired) electrons. The van der Waals surface area contributed by atoms with E-state index in [9.17, 15) is 9.59 Å². The predicted octanol–water partition coefficient (Wildman–Crippen LogP) is 4.58. The number of rotatable bonds is 3. The average Bonchev–Trinajstić information content (AvgIpc) is 3.21. The lowest BCUT2D eigenvalue weighted by Crippen LogP contribution is -2.26. The molecule has 1 aliphatic carbocycles. The fourth-order valence-electron chi connectivity index (χ4n) is 3.37. The molecular formula is C20H14ClNO3S. The molecule has 0 spiro atoms. The molecule has 3 aromatic rings. The summed E-state index contributed by atoms with van der Waals surface area (Å²) in [6.07, 6.45) is 3.44. The largest absolute Gasteiger partial charge is 0.468 e. The summed E-state index contributed by atoms with van der Waals surface area (Å²) in [7, 11) is 1.31. The normalized spacial score (nSPS) is 18.6. The number of methoxy groups -OCH3 is 1. The third kappa shape index (κ3) is 2.73. The molecule has 1 aliphatic rings. The molecule has 1 aromatic carbocycles. The van der Waals surface area contributed by atoms with Gasteiger partial charge in [-0.1, -0.05) is 23.7 Å². The standard InChI is InChI=1S/C20H14ClNO3S/c1-25-20(24)17-16(12-2-4-13(21)5-3-12)14-10-15(26-19(14)18(17)23)11-6-8-22-9-7-11/h2-10,16-17H,1H3/t16?,17-/m0/s1. The van der Waals surface area contributed by atoms with Gasteiger partial charge in [-0.05, 0) is 47.0 Å². The van der Waals surface area contributed by atoms with Gasteiger partial charge in [-0.15, -0.1) is 11.3 Å². The van der Waals surface area contributed by atoms with Crippen molar-refractivity contribution in [3.05, 3.63) is 75.9 Å². The van der Waals surface area contributed by atoms with E-state index >= 15 is 0 Å². The minimum atomic E-state index is -0.853. The van der Waals surface area contributed by atoms with E-state index in [0.29, 0.717) is 9.90 Å². The van der Waals surface area contributed by atoms with E-state index in [1.165, 1.54) is 18.4 Å². The van der Waals surface area contributed by atoms with Gasteiger partial charge in [-0.2, -0.15) is 0 Å². The number of benzene rings is 1. The molecule has 130 valence electrons. The molecule has 4 nitrogen and oxygen atoms in total. The van der Waals surface area contributed by atoms with Crippen molar-refractivity contribution in [1.29, 1.82) is 0 Å². The first kappa shape index (κ1) is 16.9. The molecule has 0 N–H and O–H groups in total. The van der Waals surface area contributed by atoms with Crippen molar-refractivity contribution in [1.82, 2.24) is 4.98 Å². The number of halogens is 1. The smallest absolute Gasteiger partial charge is 0.317 e. The highest BCUT2D eigenvalue weighted by atomic mass is 35.5. The number of aromatic nitrogens is 1. The van der Waals surface area contributed by atoms with Crippen molar-refractivity contribution in [2.45, 2.75) is 5.92 Å². The summed E-state index contributed by atoms with van der Waals surface area (Å²) < 4.78 is 4.91. The number of Topliss-reactive ketones (excluding diaryl/α,β-unsaturated/α-hetero) is 1. The van der Waals surface area contributed by atoms with Gasteiger partial charge in [0.2, 0.25) is 0 Å². The van der Waals surface area contributed by atoms with Crippen molar-refractivity contribution in [3.63, 3.8) is 0 Å². The number of hydrogen-bond donors (Lipinski definition) is 0. The number of carbonyl (C=O) groups is 2. The van der Waals surface area contributed by atoms with Crippen LogP contribution in [0.3, 0.4) is 0 Å². The number of thiophene rings is 1. The van der Waals surface area contributed by atoms with Crippen molar-refractivity contribution >= 4 is 34.7 Å². The lowest BCUT2D eigenvalue weighted by atomic mass is 9.85. The first-order valence-electron chi connectivity index (χ1n) is 8.02. The van der Waals surface area contributed by atoms with Gasteiger partial charge in [-0.25, -0.2) is 0 Å². The van der Waals surface area contributed by atoms with Gasteiger partial charge in [0.15, 0.2) is 5.78 Å². The van der Waals surface area contributed by atoms with Crippen LogP contribution in [-0.4, -0.2) is 23.8 Å². The second-order valence-electron chi connectivity index (χ2n) is 6.03. The molecule has 0 bridgehead atoms. The second kappa shape index (κ2) is 6.67. The van der Waals surface area contributed by atoms with E-state index in [4.69, 9.17) is 16.3 Å². The monoisotopic (exact) mass is 383 g/mol. The van der Waals surface area contributed by atoms with E-state index in [1.807, 2.05) is 30.3 Å². The lowest BCUT2D eigenvalue weighted by molar-refractivity contribution is -0.143. The second-order valence-corrected chi connectivity index (χ2v) is 7.51. The van der Waals surface area contributed by atoms with Crippen LogP contribution in [0, 0.1) is 5.92 Å². The van der Waals surface area contributed by atoms with Gasteiger partial charge < -0.3 is 4.74 Å². The lowest BCUT2D eigenvalue weighted by Gasteiger charge is -2.18. The Morgan fingerprint density at radius 3 is 2.50 bits per heavy atom. The molecule has 2 aromatic heterocycles. The van der Waals surface area contributed by atoms with Crippen LogP contribution < -0.4 is 0 Å². The van der Waals surface area contributed by atoms with Crippen LogP contribution in [0.5, 0.6) is 0 Å². The van der Waals surface area contributed by atoms with E-state index in [-0.39, 0.29) is 11.7 Å². The Morgan fingerprint density at radius 2 is 1.85 bits per heavy atom. The Balaban J connectivity index is 1.85. The Hall–Kier alpha value is -2.50. The van der Waals surface area contributed by atoms with Crippen LogP contribution in [0.1, 0.15) is 26.7 Å². The molecule has 0 fully saturated rings. The van der Waals surface area contributed by atoms with Gasteiger partial charge in [0.05, 0.1) is 12.0 Å². The molecule has 2 atom stereocenters. The molecule has 4 rings (SSSR count). The molecule has 2 heterocycles. The zero-order valence-corrected chi connectivity index (χ0v) is 15.4. The Labute approximate surface area is 159 Å². The number of nitrogens with zero attached hydrogens (tertiary/aromatic N) is 1. The van der Waals surface area contributed by atoms with Gasteiger partial charge >= 0.3 is 5.97 Å². The number of esters is 1. The number of carbonyl (C=O) groups excluding carboxylic acids is 2. The topological polar surface area (TPSA) is 56.3 Å². The summed E-state index contributed by atoms with van der Waals surface area (Å²) in [5.74, 6) is -1.91. The highest BCUT2D eigenvalue weighted by Gasteiger charge is 2.47. The fraction of sp³-hybridized carbons (Fsp3) is 0.150. The third-order valence-corrected chi connectivity index (χ3v) is 6.05. The van der Waals surface area contributed by atoms with Gasteiger partial charge in [0.25, 0.3) is 0 Å². The van der Waals surface area contributed by atoms with Crippen LogP contribution in [0.25, 0.3) is 10.4 Å². The van der Waals surface area contributed by atoms with Crippen molar-refractivity contribution in [3.8, 4) is 10.4 Å². The van der Waals surface area contributed by atoms with Crippen molar-refractivity contribution in [2.24, 2.45) is 5.92 Å². The Morgan fingerprint density at radius 1 is 1.15 bits per heavy atom. The van der Waals surface area contributed by atoms with E-state index in [2.05, 4.69) is 4.98 Å². The van der Waals surface area contributed by atoms with Crippen LogP contribution in [0.2, 0.25) is 5.02 Å². The first-order chi connectivity index (χ1) is 12.6. The van der Waals surface area contributed by atoms with E-state index in [0.717, 1.165) is 21.6 Å². The number of fused-ring (bicyclic) bond motifs is 1. The average molecular weight is 384 g/mol. The summed E-state index contributed by atoms with van der Waals surface area (Å²) in [5.41, 5.74) is 2.73. The maximum absolute atomic E-state index is 13.0. The summed E-state index contributed by atoms with van der Waals surface area (Å²) in [5, 5.41) is 0.607. The first-order valence-corrected chi connectivity index (χ1v) is 9.21. The molecular weight excluding hydrogens is 370 g/mol. The maximum Gasteiger partial charge on any atom is 0.317 e. The predicted molar refractivity (Wildman–Crippen MR) is 101 cm³/mol. The molecule has 6 heteroatoms. The molecule has 1 unspecified atom stereocenters. The van der Waals surface area contributed by atoms with Gasteiger partial charge in [0, 0.05) is 28.2 Å². The Kier molecular flexibility index (Phi) is 4.34. The van der Waals surface area contributed by atoms with E-state index in [1.54, 1.807) is 24.5 Å². The highest BCUT2D eigenvalue weighted by Crippen LogP contribution is 2.48. The molecule has 0 saturated heterocycles. The number of ketones is 1. The minimum absolute atomic E-state index is 0.183. The van der Waals surface area contributed by atoms with Crippen LogP contribution in [-0.2, 0) is 9.53 Å². The SMILES string of the molecule is COC(=O)[C@@H]1C(=O)c2sc(-c3ccncc3)cc2C1c1ccc(Cl)cc1. The summed E-state index contributed by atoms with van der Waals surface area (Å²) in [6.45, 7) is 0. The molecule has 26 heavy (non-hydrogen) atoms. The number of hydrogen-bond acceptors (Lipinski definition) is 5. The maximum atomic E-state index is 13.0. The van der Waals surface area contributed by atoms with Crippen LogP contribution >= 0.6 is 22.9 Å². The molecule has 0 amide bonds. The molecule has 0 saturated carbocycles. The number of ether oxygens (including phenoxy) is 1. The van der Waals surface area contributed by atoms with E-state index < -0.39 is 11.9 Å². The summed E-state index contributed by atoms with van der Waals surface area (Å²) >= 11 is 7.40. The third-order valence-electron chi connectivity index (χ3n) is 4.58. The zero-order valence-electron chi connectivity index (χ0n) is 13.8. The van der Waals surface area contributed by atoms with Gasteiger partial charge in [-0.3, -0.25) is 14.6 Å². The Bertz CT molecular complexity index is 982. The zero-order chi connectivity index (χ0) is 18.3. The number of pyridine rings is 1. The minimum Gasteiger partial charge on any atom is -0.468 e. The molecule has 0 aliphatic heterocycles. The summed E-state index contributed by atoms with van der Waals surface area (Å²) in [6, 6.07) is 13.1. The quantitative estimate of drug-likeness (QED) is 0.490. The fourth-order valence-corrected chi connectivity index (χ4v) is 4.69. The van der Waals surface area contributed by atoms with Crippen molar-refractivity contribution in [2.75, 3.05) is 7.11 Å².